The Hall–Kier alpha value is -4.69. The van der Waals surface area contributed by atoms with Crippen LogP contribution in [-0.4, -0.2) is 46.8 Å². The molecule has 2 saturated heterocycles. The Morgan fingerprint density at radius 3 is 2.05 bits per heavy atom. The summed E-state index contributed by atoms with van der Waals surface area (Å²) in [5.41, 5.74) is 2.77. The van der Waals surface area contributed by atoms with Gasteiger partial charge < -0.3 is 29.9 Å². The summed E-state index contributed by atoms with van der Waals surface area (Å²) in [6.45, 7) is 3.65. The van der Waals surface area contributed by atoms with Crippen molar-refractivity contribution in [1.82, 2.24) is 10.2 Å². The van der Waals surface area contributed by atoms with E-state index in [1.807, 2.05) is 66.7 Å². The second kappa shape index (κ2) is 17.0. The third kappa shape index (κ3) is 8.62. The number of aliphatic hydroxyl groups excluding tert-OH is 1. The fourth-order valence-electron chi connectivity index (χ4n) is 7.54. The van der Waals surface area contributed by atoms with Crippen molar-refractivity contribution in [1.29, 1.82) is 0 Å². The third-order valence-electron chi connectivity index (χ3n) is 10.9. The lowest BCUT2D eigenvalue weighted by Crippen LogP contribution is -2.49. The van der Waals surface area contributed by atoms with E-state index in [1.165, 1.54) is 0 Å². The molecule has 2 fully saturated rings. The average Bonchev–Trinajstić information content (AvgIpc) is 3.23. The molecule has 1 amide bonds. The van der Waals surface area contributed by atoms with Crippen LogP contribution in [0.25, 0.3) is 11.1 Å². The van der Waals surface area contributed by atoms with Crippen LogP contribution >= 0.6 is 11.6 Å². The maximum Gasteiger partial charge on any atom is 0.257 e. The van der Waals surface area contributed by atoms with Crippen molar-refractivity contribution in [2.24, 2.45) is 5.92 Å². The van der Waals surface area contributed by atoms with Gasteiger partial charge in [0.25, 0.3) is 5.91 Å². The van der Waals surface area contributed by atoms with Gasteiger partial charge in [0.1, 0.15) is 5.56 Å². The summed E-state index contributed by atoms with van der Waals surface area (Å²) in [5.74, 6) is -12.7. The van der Waals surface area contributed by atoms with Crippen molar-refractivity contribution in [3.05, 3.63) is 165 Å². The number of nitrogens with zero attached hydrogens (tertiary/aromatic N) is 1. The molecule has 0 spiro atoms. The maximum absolute atomic E-state index is 14.2. The van der Waals surface area contributed by atoms with E-state index in [9.17, 15) is 37.0 Å². The zero-order valence-electron chi connectivity index (χ0n) is 30.8. The zero-order valence-corrected chi connectivity index (χ0v) is 31.6. The number of aliphatic hydroxyl groups is 2. The molecule has 0 unspecified atom stereocenters. The van der Waals surface area contributed by atoms with E-state index < -0.39 is 52.4 Å². The number of hydrogen-bond acceptors (Lipinski definition) is 6. The van der Waals surface area contributed by atoms with Crippen LogP contribution in [0.5, 0.6) is 0 Å². The molecule has 298 valence electrons. The molecule has 0 aliphatic carbocycles. The van der Waals surface area contributed by atoms with Crippen LogP contribution in [0.1, 0.15) is 70.3 Å². The van der Waals surface area contributed by atoms with Crippen LogP contribution < -0.4 is 5.32 Å². The lowest BCUT2D eigenvalue weighted by molar-refractivity contribution is -0.277. The number of carbonyl (C=O) groups excluding carboxylic acids is 1. The molecule has 2 heterocycles. The molecule has 7 nitrogen and oxygen atoms in total. The Morgan fingerprint density at radius 1 is 0.789 bits per heavy atom. The van der Waals surface area contributed by atoms with Gasteiger partial charge in [-0.2, -0.15) is 0 Å². The lowest BCUT2D eigenvalue weighted by atomic mass is 9.84. The number of amides is 1. The quantitative estimate of drug-likeness (QED) is 0.0743. The minimum atomic E-state index is -2.34. The van der Waals surface area contributed by atoms with Gasteiger partial charge in [-0.1, -0.05) is 91.3 Å². The molecule has 0 saturated carbocycles. The van der Waals surface area contributed by atoms with E-state index in [0.29, 0.717) is 43.1 Å². The minimum absolute atomic E-state index is 0.0711. The molecule has 7 rings (SSSR count). The van der Waals surface area contributed by atoms with Gasteiger partial charge in [0, 0.05) is 42.7 Å². The molecular weight excluding hydrogens is 767 g/mol. The summed E-state index contributed by atoms with van der Waals surface area (Å²) in [6.07, 6.45) is -0.298. The van der Waals surface area contributed by atoms with E-state index in [0.717, 1.165) is 33.4 Å². The molecule has 0 radical (unpaired) electrons. The normalized spacial score (nSPS) is 21.0. The lowest BCUT2D eigenvalue weighted by Gasteiger charge is -2.45. The Morgan fingerprint density at radius 2 is 1.40 bits per heavy atom. The predicted molar refractivity (Wildman–Crippen MR) is 203 cm³/mol. The summed E-state index contributed by atoms with van der Waals surface area (Å²) >= 11 is 6.09. The summed E-state index contributed by atoms with van der Waals surface area (Å²) in [6, 6.07) is 29.4. The predicted octanol–water partition coefficient (Wildman–Crippen LogP) is 8.90. The number of rotatable bonds is 10. The molecule has 57 heavy (non-hydrogen) atoms. The molecule has 2 aliphatic rings. The maximum atomic E-state index is 14.2. The van der Waals surface area contributed by atoms with Crippen molar-refractivity contribution in [3.63, 3.8) is 0 Å². The van der Waals surface area contributed by atoms with Crippen molar-refractivity contribution >= 4 is 17.5 Å². The SMILES string of the molecule is C[C@@H]1[C@H](CN2CCC(O)(c3ccc(Cl)cc3)CC2)O[C@H](c2cccc(-c3cccc(CNC(=O)c4c(F)c(F)c(F)c(F)c4F)c3)c2)O[C@@H]1c1ccc(CO)cc1. The fraction of sp³-hybridized carbons (Fsp3) is 0.295. The highest BCUT2D eigenvalue weighted by molar-refractivity contribution is 6.30. The number of nitrogens with one attached hydrogen (secondary N) is 1. The van der Waals surface area contributed by atoms with Gasteiger partial charge in [-0.3, -0.25) is 4.79 Å². The van der Waals surface area contributed by atoms with Gasteiger partial charge >= 0.3 is 0 Å². The number of hydrogen-bond donors (Lipinski definition) is 3. The van der Waals surface area contributed by atoms with Crippen LogP contribution in [0.2, 0.25) is 5.02 Å². The van der Waals surface area contributed by atoms with E-state index in [2.05, 4.69) is 17.1 Å². The van der Waals surface area contributed by atoms with Crippen LogP contribution in [0.3, 0.4) is 0 Å². The molecule has 0 bridgehead atoms. The standard InChI is InChI=1S/C44H40ClF5N2O5/c1-25-34(23-52-18-16-44(55,17-19-52)32-12-14-33(45)15-13-32)56-43(57-41(25)28-10-8-26(24-53)9-11-28)31-7-3-6-30(21-31)29-5-2-4-27(20-29)22-51-42(54)35-36(46)38(48)40(50)39(49)37(35)47/h2-15,20-21,25,34,41,43,53,55H,16-19,22-24H2,1H3,(H,51,54)/t25-,34+,41+,43+/m1/s1. The largest absolute Gasteiger partial charge is 0.392 e. The van der Waals surface area contributed by atoms with Gasteiger partial charge in [-0.15, -0.1) is 0 Å². The summed E-state index contributed by atoms with van der Waals surface area (Å²) in [7, 11) is 0. The molecule has 5 aromatic carbocycles. The van der Waals surface area contributed by atoms with Crippen LogP contribution in [0.4, 0.5) is 22.0 Å². The Kier molecular flexibility index (Phi) is 12.1. The Balaban J connectivity index is 1.09. The molecule has 13 heteroatoms. The van der Waals surface area contributed by atoms with Gasteiger partial charge in [0.15, 0.2) is 29.6 Å². The van der Waals surface area contributed by atoms with Crippen LogP contribution in [0, 0.1) is 35.0 Å². The van der Waals surface area contributed by atoms with Crippen molar-refractivity contribution in [2.45, 2.75) is 57.0 Å². The number of ether oxygens (including phenoxy) is 2. The summed E-state index contributed by atoms with van der Waals surface area (Å²) < 4.78 is 82.9. The van der Waals surface area contributed by atoms with Crippen molar-refractivity contribution < 1.29 is 46.4 Å². The highest BCUT2D eigenvalue weighted by atomic mass is 35.5. The smallest absolute Gasteiger partial charge is 0.257 e. The number of benzene rings is 5. The van der Waals surface area contributed by atoms with Gasteiger partial charge in [0.05, 0.1) is 24.4 Å². The number of carbonyl (C=O) groups is 1. The minimum Gasteiger partial charge on any atom is -0.392 e. The van der Waals surface area contributed by atoms with Gasteiger partial charge in [-0.25, -0.2) is 22.0 Å². The first-order valence-corrected chi connectivity index (χ1v) is 18.9. The molecular formula is C44H40ClF5N2O5. The first-order chi connectivity index (χ1) is 27.3. The van der Waals surface area contributed by atoms with Crippen molar-refractivity contribution in [2.75, 3.05) is 19.6 Å². The fourth-order valence-corrected chi connectivity index (χ4v) is 7.66. The molecule has 0 aromatic heterocycles. The van der Waals surface area contributed by atoms with Crippen LogP contribution in [-0.2, 0) is 28.2 Å². The second-order valence-electron chi connectivity index (χ2n) is 14.6. The zero-order chi connectivity index (χ0) is 40.4. The van der Waals surface area contributed by atoms with Crippen molar-refractivity contribution in [3.8, 4) is 11.1 Å². The van der Waals surface area contributed by atoms with E-state index in [-0.39, 0.29) is 31.3 Å². The van der Waals surface area contributed by atoms with Gasteiger partial charge in [-0.05, 0) is 70.5 Å². The molecule has 3 N–H and O–H groups in total. The molecule has 2 aliphatic heterocycles. The van der Waals surface area contributed by atoms with E-state index in [1.54, 1.807) is 30.3 Å². The number of piperidine rings is 1. The first kappa shape index (κ1) is 40.5. The average molecular weight is 807 g/mol. The van der Waals surface area contributed by atoms with E-state index in [4.69, 9.17) is 21.1 Å². The third-order valence-corrected chi connectivity index (χ3v) is 11.2. The summed E-state index contributed by atoms with van der Waals surface area (Å²) in [5, 5.41) is 24.0. The Labute approximate surface area is 331 Å². The monoisotopic (exact) mass is 806 g/mol. The summed E-state index contributed by atoms with van der Waals surface area (Å²) in [4.78, 5) is 14.9. The highest BCUT2D eigenvalue weighted by Gasteiger charge is 2.41. The molecule has 5 aromatic rings. The number of likely N-dealkylation sites (tertiary alicyclic amines) is 1. The first-order valence-electron chi connectivity index (χ1n) is 18.6. The Bertz CT molecular complexity index is 2210. The highest BCUT2D eigenvalue weighted by Crippen LogP contribution is 2.43. The van der Waals surface area contributed by atoms with Gasteiger partial charge in [0.2, 0.25) is 5.82 Å². The van der Waals surface area contributed by atoms with Crippen LogP contribution in [0.15, 0.2) is 97.1 Å². The second-order valence-corrected chi connectivity index (χ2v) is 15.1. The van der Waals surface area contributed by atoms with E-state index >= 15 is 0 Å². The number of halogens is 6. The topological polar surface area (TPSA) is 91.3 Å². The molecule has 4 atom stereocenters.